The van der Waals surface area contributed by atoms with Crippen molar-refractivity contribution in [1.29, 1.82) is 0 Å². The van der Waals surface area contributed by atoms with Crippen molar-refractivity contribution in [3.63, 3.8) is 0 Å². The number of hydrogen-bond acceptors (Lipinski definition) is 3. The van der Waals surface area contributed by atoms with Crippen LogP contribution >= 0.6 is 15.9 Å². The fourth-order valence-electron chi connectivity index (χ4n) is 2.39. The summed E-state index contributed by atoms with van der Waals surface area (Å²) in [4.78, 5) is 12.4. The van der Waals surface area contributed by atoms with Crippen LogP contribution in [0.25, 0.3) is 11.3 Å². The Morgan fingerprint density at radius 2 is 1.92 bits per heavy atom. The van der Waals surface area contributed by atoms with E-state index in [1.54, 1.807) is 24.3 Å². The molecule has 0 bridgehead atoms. The molecule has 0 saturated heterocycles. The van der Waals surface area contributed by atoms with Gasteiger partial charge in [-0.25, -0.2) is 0 Å². The number of carbonyl (C=O) groups excluding carboxylic acids is 1. The van der Waals surface area contributed by atoms with Gasteiger partial charge in [0.2, 0.25) is 0 Å². The largest absolute Gasteiger partial charge is 0.451 e. The quantitative estimate of drug-likeness (QED) is 0.612. The number of halogens is 1. The number of benzene rings is 2. The zero-order valence-corrected chi connectivity index (χ0v) is 15.0. The van der Waals surface area contributed by atoms with Gasteiger partial charge in [0.15, 0.2) is 5.76 Å². The number of hydrogen-bond donors (Lipinski definition) is 2. The highest BCUT2D eigenvalue weighted by Gasteiger charge is 2.14. The lowest BCUT2D eigenvalue weighted by molar-refractivity contribution is 0.0997. The normalized spacial score (nSPS) is 10.6. The molecule has 2 aromatic carbocycles. The van der Waals surface area contributed by atoms with Gasteiger partial charge in [-0.05, 0) is 61.4 Å². The van der Waals surface area contributed by atoms with Gasteiger partial charge < -0.3 is 15.5 Å². The molecule has 0 aliphatic rings. The molecule has 0 atom stereocenters. The lowest BCUT2D eigenvalue weighted by atomic mass is 10.1. The van der Waals surface area contributed by atoms with Gasteiger partial charge in [-0.3, -0.25) is 4.79 Å². The zero-order chi connectivity index (χ0) is 17.3. The first-order valence-electron chi connectivity index (χ1n) is 7.48. The van der Waals surface area contributed by atoms with Crippen LogP contribution in [0, 0.1) is 13.8 Å². The summed E-state index contributed by atoms with van der Waals surface area (Å²) in [5.41, 5.74) is 10.0. The van der Waals surface area contributed by atoms with E-state index in [0.29, 0.717) is 17.1 Å². The summed E-state index contributed by atoms with van der Waals surface area (Å²) in [6.45, 7) is 3.87. The summed E-state index contributed by atoms with van der Waals surface area (Å²) in [6.07, 6.45) is 0. The molecular formula is C19H17BrN2O2. The molecule has 1 amide bonds. The highest BCUT2D eigenvalue weighted by atomic mass is 79.9. The van der Waals surface area contributed by atoms with Crippen LogP contribution in [-0.2, 0) is 0 Å². The summed E-state index contributed by atoms with van der Waals surface area (Å²) in [5.74, 6) is 0.608. The third-order valence-electron chi connectivity index (χ3n) is 3.90. The van der Waals surface area contributed by atoms with Crippen LogP contribution in [-0.4, -0.2) is 5.91 Å². The molecule has 0 aliphatic carbocycles. The topological polar surface area (TPSA) is 68.3 Å². The second kappa shape index (κ2) is 6.53. The summed E-state index contributed by atoms with van der Waals surface area (Å²) in [5, 5.41) is 2.83. The molecule has 0 radical (unpaired) electrons. The molecule has 0 fully saturated rings. The van der Waals surface area contributed by atoms with Crippen molar-refractivity contribution in [3.05, 3.63) is 69.9 Å². The van der Waals surface area contributed by atoms with Crippen LogP contribution in [0.5, 0.6) is 0 Å². The number of nitrogen functional groups attached to an aromatic ring is 1. The summed E-state index contributed by atoms with van der Waals surface area (Å²) < 4.78 is 6.75. The van der Waals surface area contributed by atoms with E-state index >= 15 is 0 Å². The van der Waals surface area contributed by atoms with Gasteiger partial charge in [0.05, 0.1) is 0 Å². The second-order valence-electron chi connectivity index (χ2n) is 5.60. The minimum Gasteiger partial charge on any atom is -0.451 e. The minimum atomic E-state index is -0.302. The van der Waals surface area contributed by atoms with E-state index < -0.39 is 0 Å². The number of rotatable bonds is 3. The fraction of sp³-hybridized carbons (Fsp3) is 0.105. The third kappa shape index (κ3) is 3.21. The number of amides is 1. The molecule has 3 N–H and O–H groups in total. The Bertz CT molecular complexity index is 915. The van der Waals surface area contributed by atoms with Crippen LogP contribution in [0.3, 0.4) is 0 Å². The van der Waals surface area contributed by atoms with E-state index in [4.69, 9.17) is 10.2 Å². The average molecular weight is 385 g/mol. The molecule has 1 aromatic heterocycles. The smallest absolute Gasteiger partial charge is 0.291 e. The van der Waals surface area contributed by atoms with Crippen molar-refractivity contribution in [3.8, 4) is 11.3 Å². The maximum atomic E-state index is 12.4. The SMILES string of the molecule is Cc1cc(-c2ccc(C(=O)Nc3cccc(N)c3C)o2)ccc1Br. The molecule has 0 aliphatic heterocycles. The standard InChI is InChI=1S/C19H17BrN2O2/c1-11-10-13(6-7-14(11)20)17-8-9-18(24-17)19(23)22-16-5-3-4-15(21)12(16)2/h3-10H,21H2,1-2H3,(H,22,23). The van der Waals surface area contributed by atoms with Gasteiger partial charge in [-0.1, -0.05) is 28.1 Å². The minimum absolute atomic E-state index is 0.257. The Labute approximate surface area is 148 Å². The zero-order valence-electron chi connectivity index (χ0n) is 13.4. The second-order valence-corrected chi connectivity index (χ2v) is 6.46. The van der Waals surface area contributed by atoms with E-state index in [9.17, 15) is 4.79 Å². The van der Waals surface area contributed by atoms with Crippen LogP contribution in [0.15, 0.2) is 57.4 Å². The van der Waals surface area contributed by atoms with Crippen molar-refractivity contribution in [1.82, 2.24) is 0 Å². The molecule has 122 valence electrons. The number of furan rings is 1. The van der Waals surface area contributed by atoms with Crippen LogP contribution in [0.4, 0.5) is 11.4 Å². The first-order chi connectivity index (χ1) is 11.5. The molecule has 3 rings (SSSR count). The maximum Gasteiger partial charge on any atom is 0.291 e. The lowest BCUT2D eigenvalue weighted by Crippen LogP contribution is -2.12. The highest BCUT2D eigenvalue weighted by molar-refractivity contribution is 9.10. The van der Waals surface area contributed by atoms with E-state index in [0.717, 1.165) is 21.2 Å². The Kier molecular flexibility index (Phi) is 4.44. The molecule has 0 unspecified atom stereocenters. The highest BCUT2D eigenvalue weighted by Crippen LogP contribution is 2.27. The Balaban J connectivity index is 1.83. The molecule has 4 nitrogen and oxygen atoms in total. The van der Waals surface area contributed by atoms with E-state index in [1.165, 1.54) is 0 Å². The summed E-state index contributed by atoms with van der Waals surface area (Å²) in [6, 6.07) is 14.8. The number of carbonyl (C=O) groups is 1. The van der Waals surface area contributed by atoms with Gasteiger partial charge in [0.25, 0.3) is 5.91 Å². The van der Waals surface area contributed by atoms with Crippen molar-refractivity contribution in [2.75, 3.05) is 11.1 Å². The monoisotopic (exact) mass is 384 g/mol. The molecule has 0 saturated carbocycles. The summed E-state index contributed by atoms with van der Waals surface area (Å²) >= 11 is 3.48. The molecule has 0 spiro atoms. The van der Waals surface area contributed by atoms with Crippen molar-refractivity contribution in [2.45, 2.75) is 13.8 Å². The van der Waals surface area contributed by atoms with Crippen LogP contribution in [0.2, 0.25) is 0 Å². The third-order valence-corrected chi connectivity index (χ3v) is 4.79. The lowest BCUT2D eigenvalue weighted by Gasteiger charge is -2.08. The van der Waals surface area contributed by atoms with Crippen molar-refractivity contribution < 1.29 is 9.21 Å². The van der Waals surface area contributed by atoms with E-state index in [1.807, 2.05) is 38.1 Å². The number of nitrogens with two attached hydrogens (primary N) is 1. The maximum absolute atomic E-state index is 12.4. The van der Waals surface area contributed by atoms with E-state index in [-0.39, 0.29) is 11.7 Å². The van der Waals surface area contributed by atoms with Gasteiger partial charge in [0, 0.05) is 21.4 Å². The fourth-order valence-corrected chi connectivity index (χ4v) is 2.63. The Hall–Kier alpha value is -2.53. The van der Waals surface area contributed by atoms with Gasteiger partial charge in [-0.15, -0.1) is 0 Å². The van der Waals surface area contributed by atoms with Crippen molar-refractivity contribution in [2.24, 2.45) is 0 Å². The van der Waals surface area contributed by atoms with E-state index in [2.05, 4.69) is 21.2 Å². The van der Waals surface area contributed by atoms with Gasteiger partial charge in [0.1, 0.15) is 5.76 Å². The molecule has 24 heavy (non-hydrogen) atoms. The number of aryl methyl sites for hydroxylation is 1. The molecule has 3 aromatic rings. The summed E-state index contributed by atoms with van der Waals surface area (Å²) in [7, 11) is 0. The van der Waals surface area contributed by atoms with Gasteiger partial charge >= 0.3 is 0 Å². The van der Waals surface area contributed by atoms with Crippen molar-refractivity contribution >= 4 is 33.2 Å². The first-order valence-corrected chi connectivity index (χ1v) is 8.28. The number of nitrogens with one attached hydrogen (secondary N) is 1. The Morgan fingerprint density at radius 1 is 1.12 bits per heavy atom. The molecule has 5 heteroatoms. The first kappa shape index (κ1) is 16.3. The van der Waals surface area contributed by atoms with Crippen LogP contribution < -0.4 is 11.1 Å². The Morgan fingerprint density at radius 3 is 2.67 bits per heavy atom. The van der Waals surface area contributed by atoms with Gasteiger partial charge in [-0.2, -0.15) is 0 Å². The average Bonchev–Trinajstić information content (AvgIpc) is 3.04. The van der Waals surface area contributed by atoms with Crippen LogP contribution in [0.1, 0.15) is 21.7 Å². The predicted octanol–water partition coefficient (Wildman–Crippen LogP) is 5.16. The molecular weight excluding hydrogens is 368 g/mol. The predicted molar refractivity (Wildman–Crippen MR) is 100 cm³/mol. The number of anilines is 2. The molecule has 1 heterocycles.